The third-order valence-corrected chi connectivity index (χ3v) is 5.76. The zero-order valence-electron chi connectivity index (χ0n) is 21.7. The fraction of sp³-hybridized carbons (Fsp3) is 0.800. The molecule has 2 rings (SSSR count). The van der Waals surface area contributed by atoms with Crippen molar-refractivity contribution in [1.29, 1.82) is 0 Å². The zero-order chi connectivity index (χ0) is 30.0. The molecular weight excluding hydrogens is 542 g/mol. The number of carbonyl (C=O) groups excluding carboxylic acids is 4. The second kappa shape index (κ2) is 14.7. The maximum atomic E-state index is 11.9. The van der Waals surface area contributed by atoms with Gasteiger partial charge in [0.1, 0.15) is 31.0 Å². The number of hydrogen-bond acceptors (Lipinski definition) is 14. The van der Waals surface area contributed by atoms with Gasteiger partial charge < -0.3 is 33.5 Å². The van der Waals surface area contributed by atoms with Gasteiger partial charge in [-0.1, -0.05) is 15.3 Å². The third kappa shape index (κ3) is 8.34. The van der Waals surface area contributed by atoms with Crippen molar-refractivity contribution in [3.63, 3.8) is 0 Å². The number of carbonyl (C=O) groups is 4. The van der Waals surface area contributed by atoms with E-state index in [2.05, 4.69) is 30.1 Å². The molecule has 1 N–H and O–H groups in total. The fourth-order valence-electron chi connectivity index (χ4n) is 4.36. The van der Waals surface area contributed by atoms with E-state index in [-0.39, 0.29) is 6.42 Å². The van der Waals surface area contributed by atoms with Crippen LogP contribution in [0.1, 0.15) is 34.1 Å². The Morgan fingerprint density at radius 2 is 1.27 bits per heavy atom. The summed E-state index contributed by atoms with van der Waals surface area (Å²) in [6.07, 6.45) is -11.0. The van der Waals surface area contributed by atoms with E-state index in [1.54, 1.807) is 0 Å². The average molecular weight is 569 g/mol. The Hall–Kier alpha value is -4.31. The van der Waals surface area contributed by atoms with Crippen LogP contribution in [0.5, 0.6) is 0 Å². The Bertz CT molecular complexity index is 1120. The van der Waals surface area contributed by atoms with Gasteiger partial charge in [0.15, 0.2) is 18.5 Å². The lowest BCUT2D eigenvalue weighted by Gasteiger charge is -2.47. The van der Waals surface area contributed by atoms with Crippen molar-refractivity contribution in [2.24, 2.45) is 15.3 Å². The van der Waals surface area contributed by atoms with E-state index in [0.717, 1.165) is 27.7 Å². The van der Waals surface area contributed by atoms with Crippen molar-refractivity contribution in [1.82, 2.24) is 0 Å². The molecule has 2 fully saturated rings. The fourth-order valence-corrected chi connectivity index (χ4v) is 4.36. The number of aliphatic hydroxyl groups is 1. The first-order valence-corrected chi connectivity index (χ1v) is 11.7. The Morgan fingerprint density at radius 1 is 0.775 bits per heavy atom. The van der Waals surface area contributed by atoms with Gasteiger partial charge in [-0.15, -0.1) is 0 Å². The molecular formula is C20H27N9O11. The van der Waals surface area contributed by atoms with E-state index in [4.69, 9.17) is 39.5 Å². The summed E-state index contributed by atoms with van der Waals surface area (Å²) in [7, 11) is 0. The monoisotopic (exact) mass is 569 g/mol. The Labute approximate surface area is 225 Å². The second-order valence-electron chi connectivity index (χ2n) is 8.63. The lowest BCUT2D eigenvalue weighted by Crippen LogP contribution is -2.64. The zero-order valence-corrected chi connectivity index (χ0v) is 21.7. The summed E-state index contributed by atoms with van der Waals surface area (Å²) in [6.45, 7) is 3.71. The van der Waals surface area contributed by atoms with Crippen LogP contribution < -0.4 is 0 Å². The summed E-state index contributed by atoms with van der Waals surface area (Å²) in [6, 6.07) is -3.95. The molecule has 20 nitrogen and oxygen atoms in total. The molecule has 1 aliphatic heterocycles. The van der Waals surface area contributed by atoms with Crippen LogP contribution in [0, 0.1) is 0 Å². The van der Waals surface area contributed by atoms with Crippen LogP contribution in [0.3, 0.4) is 0 Å². The maximum Gasteiger partial charge on any atom is 0.303 e. The van der Waals surface area contributed by atoms with Gasteiger partial charge in [0.2, 0.25) is 0 Å². The highest BCUT2D eigenvalue weighted by Crippen LogP contribution is 2.35. The van der Waals surface area contributed by atoms with E-state index in [9.17, 15) is 29.8 Å². The van der Waals surface area contributed by atoms with Crippen molar-refractivity contribution < 1.29 is 52.7 Å². The van der Waals surface area contributed by atoms with Crippen LogP contribution >= 0.6 is 0 Å². The molecule has 2 aliphatic rings. The number of hydrogen-bond donors (Lipinski definition) is 1. The highest BCUT2D eigenvalue weighted by molar-refractivity contribution is 5.68. The van der Waals surface area contributed by atoms with Gasteiger partial charge in [0.05, 0.1) is 18.2 Å². The van der Waals surface area contributed by atoms with E-state index in [0.29, 0.717) is 0 Å². The quantitative estimate of drug-likeness (QED) is 0.128. The smallest absolute Gasteiger partial charge is 0.303 e. The van der Waals surface area contributed by atoms with E-state index in [1.165, 1.54) is 0 Å². The van der Waals surface area contributed by atoms with E-state index < -0.39 is 91.5 Å². The Kier molecular flexibility index (Phi) is 11.8. The number of aliphatic hydroxyl groups excluding tert-OH is 1. The predicted molar refractivity (Wildman–Crippen MR) is 126 cm³/mol. The molecule has 218 valence electrons. The number of rotatable bonds is 10. The molecule has 10 atom stereocenters. The molecule has 0 aromatic heterocycles. The van der Waals surface area contributed by atoms with E-state index in [1.807, 2.05) is 0 Å². The van der Waals surface area contributed by atoms with Crippen LogP contribution in [0.2, 0.25) is 0 Å². The number of esters is 4. The van der Waals surface area contributed by atoms with Crippen molar-refractivity contribution in [2.75, 3.05) is 6.61 Å². The number of azide groups is 3. The SMILES string of the molecule is CC(=O)OCC1O[C@H](O[C@@H]2C(N=[N+]=[N-])C[C@@H](N=[N+]=[N-])C(OC(C)=O)C2O)C(N=[N+]=[N-])[C@@H](OC(C)=O)[C@@H]1OC(C)=O. The van der Waals surface area contributed by atoms with Gasteiger partial charge in [-0.3, -0.25) is 19.2 Å². The Balaban J connectivity index is 2.56. The van der Waals surface area contributed by atoms with E-state index >= 15 is 0 Å². The van der Waals surface area contributed by atoms with Crippen LogP contribution in [0.4, 0.5) is 0 Å². The molecule has 0 amide bonds. The molecule has 40 heavy (non-hydrogen) atoms. The lowest BCUT2D eigenvalue weighted by atomic mass is 9.84. The summed E-state index contributed by atoms with van der Waals surface area (Å²) in [4.78, 5) is 55.1. The molecule has 5 unspecified atom stereocenters. The summed E-state index contributed by atoms with van der Waals surface area (Å²) in [5.41, 5.74) is 27.3. The minimum atomic E-state index is -1.77. The summed E-state index contributed by atoms with van der Waals surface area (Å²) in [5, 5.41) is 21.8. The average Bonchev–Trinajstić information content (AvgIpc) is 2.85. The molecule has 0 radical (unpaired) electrons. The number of ether oxygens (including phenoxy) is 6. The summed E-state index contributed by atoms with van der Waals surface area (Å²) in [5.74, 6) is -3.27. The highest BCUT2D eigenvalue weighted by atomic mass is 16.7. The molecule has 1 aliphatic carbocycles. The standard InChI is InChI=1S/C20H27N9O11/c1-7(30)35-6-13-18(37-9(3)32)19(38-10(4)33)14(26-29-23)20(39-13)40-17-12(25-28-22)5-11(24-27-21)16(15(17)34)36-8(2)31/h11-20,34H,5-6H2,1-4H3/t11-,12?,13?,14?,15?,16?,17-,18-,19-,20-/m1/s1. The van der Waals surface area contributed by atoms with Gasteiger partial charge in [-0.05, 0) is 23.0 Å². The summed E-state index contributed by atoms with van der Waals surface area (Å²) >= 11 is 0. The topological polar surface area (TPSA) is 290 Å². The predicted octanol–water partition coefficient (Wildman–Crippen LogP) is 1.26. The van der Waals surface area contributed by atoms with Gasteiger partial charge in [-0.2, -0.15) is 0 Å². The van der Waals surface area contributed by atoms with Crippen molar-refractivity contribution in [3.8, 4) is 0 Å². The molecule has 1 saturated carbocycles. The molecule has 0 spiro atoms. The van der Waals surface area contributed by atoms with Gasteiger partial charge in [-0.25, -0.2) is 0 Å². The van der Waals surface area contributed by atoms with Gasteiger partial charge >= 0.3 is 23.9 Å². The lowest BCUT2D eigenvalue weighted by molar-refractivity contribution is -0.298. The second-order valence-corrected chi connectivity index (χ2v) is 8.63. The molecule has 0 bridgehead atoms. The first-order valence-electron chi connectivity index (χ1n) is 11.7. The Morgan fingerprint density at radius 3 is 1.77 bits per heavy atom. The van der Waals surface area contributed by atoms with Crippen LogP contribution in [-0.4, -0.2) is 96.6 Å². The molecule has 0 aromatic carbocycles. The molecule has 20 heteroatoms. The highest BCUT2D eigenvalue weighted by Gasteiger charge is 2.54. The molecule has 1 saturated heterocycles. The van der Waals surface area contributed by atoms with Gasteiger partial charge in [0, 0.05) is 42.4 Å². The van der Waals surface area contributed by atoms with Crippen LogP contribution in [0.15, 0.2) is 15.3 Å². The van der Waals surface area contributed by atoms with Crippen LogP contribution in [0.25, 0.3) is 31.3 Å². The minimum Gasteiger partial charge on any atom is -0.463 e. The van der Waals surface area contributed by atoms with Crippen LogP contribution in [-0.2, 0) is 47.6 Å². The van der Waals surface area contributed by atoms with Gasteiger partial charge in [0.25, 0.3) is 0 Å². The molecule has 0 aromatic rings. The largest absolute Gasteiger partial charge is 0.463 e. The first kappa shape index (κ1) is 31.9. The van der Waals surface area contributed by atoms with Crippen molar-refractivity contribution in [2.45, 2.75) is 95.2 Å². The van der Waals surface area contributed by atoms with Crippen molar-refractivity contribution >= 4 is 23.9 Å². The molecule has 1 heterocycles. The van der Waals surface area contributed by atoms with Crippen molar-refractivity contribution in [3.05, 3.63) is 31.3 Å². The first-order chi connectivity index (χ1) is 18.9. The summed E-state index contributed by atoms with van der Waals surface area (Å²) < 4.78 is 32.4. The maximum absolute atomic E-state index is 11.9. The third-order valence-electron chi connectivity index (χ3n) is 5.76. The number of nitrogens with zero attached hydrogens (tertiary/aromatic N) is 9. The minimum absolute atomic E-state index is 0.243. The normalized spacial score (nSPS) is 33.0.